The number of anilines is 1. The van der Waals surface area contributed by atoms with Crippen LogP contribution in [0.3, 0.4) is 0 Å². The van der Waals surface area contributed by atoms with Crippen molar-refractivity contribution in [3.8, 4) is 17.2 Å². The summed E-state index contributed by atoms with van der Waals surface area (Å²) >= 11 is 5.93. The third-order valence-electron chi connectivity index (χ3n) is 3.45. The van der Waals surface area contributed by atoms with Crippen molar-refractivity contribution in [3.05, 3.63) is 53.2 Å². The van der Waals surface area contributed by atoms with Crippen LogP contribution in [0.1, 0.15) is 5.56 Å². The highest BCUT2D eigenvalue weighted by molar-refractivity contribution is 6.31. The summed E-state index contributed by atoms with van der Waals surface area (Å²) in [6, 6.07) is 10.6. The molecular weight excluding hydrogens is 306 g/mol. The summed E-state index contributed by atoms with van der Waals surface area (Å²) in [5.74, 6) is 2.41. The van der Waals surface area contributed by atoms with Crippen molar-refractivity contribution < 1.29 is 19.4 Å². The third-order valence-corrected chi connectivity index (χ3v) is 3.69. The first kappa shape index (κ1) is 13.3. The molecular formula is C16H12ClNO4. The maximum atomic E-state index is 10.1. The van der Waals surface area contributed by atoms with Crippen LogP contribution in [0.2, 0.25) is 5.02 Å². The molecule has 2 aromatic carbocycles. The van der Waals surface area contributed by atoms with Crippen molar-refractivity contribution in [1.29, 1.82) is 0 Å². The number of rotatable bonds is 1. The standard InChI is InChI=1S/C16H12ClNO4/c17-11-2-4-13-12(8-11)18(19)9-16(22-13)10-1-3-14-15(7-10)21-6-5-20-14/h1-4,7-9,19H,5-6H2. The van der Waals surface area contributed by atoms with E-state index in [0.29, 0.717) is 46.9 Å². The van der Waals surface area contributed by atoms with Gasteiger partial charge in [-0.3, -0.25) is 5.21 Å². The smallest absolute Gasteiger partial charge is 0.162 e. The lowest BCUT2D eigenvalue weighted by Gasteiger charge is -2.25. The SMILES string of the molecule is ON1C=C(c2ccc3c(c2)OCCO3)Oc2ccc(Cl)cc21. The van der Waals surface area contributed by atoms with Crippen LogP contribution < -0.4 is 19.3 Å². The van der Waals surface area contributed by atoms with E-state index in [1.807, 2.05) is 18.2 Å². The third kappa shape index (κ3) is 2.24. The molecule has 0 saturated carbocycles. The van der Waals surface area contributed by atoms with Gasteiger partial charge in [-0.15, -0.1) is 0 Å². The van der Waals surface area contributed by atoms with E-state index >= 15 is 0 Å². The van der Waals surface area contributed by atoms with E-state index in [1.165, 1.54) is 6.20 Å². The maximum absolute atomic E-state index is 10.1. The highest BCUT2D eigenvalue weighted by atomic mass is 35.5. The Labute approximate surface area is 131 Å². The molecule has 1 N–H and O–H groups in total. The van der Waals surface area contributed by atoms with Crippen molar-refractivity contribution in [1.82, 2.24) is 0 Å². The van der Waals surface area contributed by atoms with Crippen LogP contribution >= 0.6 is 11.6 Å². The second kappa shape index (κ2) is 5.12. The minimum absolute atomic E-state index is 0.494. The van der Waals surface area contributed by atoms with E-state index < -0.39 is 0 Å². The highest BCUT2D eigenvalue weighted by Crippen LogP contribution is 2.39. The Morgan fingerprint density at radius 1 is 0.955 bits per heavy atom. The number of benzene rings is 2. The summed E-state index contributed by atoms with van der Waals surface area (Å²) in [4.78, 5) is 0. The lowest BCUT2D eigenvalue weighted by molar-refractivity contribution is 0.171. The fourth-order valence-electron chi connectivity index (χ4n) is 2.41. The molecule has 0 unspecified atom stereocenters. The van der Waals surface area contributed by atoms with Gasteiger partial charge in [0.05, 0.1) is 6.20 Å². The molecule has 0 bridgehead atoms. The average molecular weight is 318 g/mol. The van der Waals surface area contributed by atoms with Gasteiger partial charge >= 0.3 is 0 Å². The number of hydrogen-bond acceptors (Lipinski definition) is 5. The first-order valence-electron chi connectivity index (χ1n) is 6.78. The van der Waals surface area contributed by atoms with Gasteiger partial charge in [0.25, 0.3) is 0 Å². The summed E-state index contributed by atoms with van der Waals surface area (Å²) in [7, 11) is 0. The molecule has 2 heterocycles. The molecule has 0 radical (unpaired) electrons. The van der Waals surface area contributed by atoms with Gasteiger partial charge in [0.2, 0.25) is 0 Å². The first-order valence-corrected chi connectivity index (χ1v) is 7.16. The number of hydrogen-bond donors (Lipinski definition) is 1. The average Bonchev–Trinajstić information content (AvgIpc) is 2.55. The molecule has 0 aromatic heterocycles. The van der Waals surface area contributed by atoms with Gasteiger partial charge in [-0.2, -0.15) is 0 Å². The number of nitrogens with zero attached hydrogens (tertiary/aromatic N) is 1. The van der Waals surface area contributed by atoms with Crippen LogP contribution in [-0.2, 0) is 0 Å². The molecule has 5 nitrogen and oxygen atoms in total. The van der Waals surface area contributed by atoms with E-state index in [0.717, 1.165) is 10.6 Å². The molecule has 0 saturated heterocycles. The van der Waals surface area contributed by atoms with Gasteiger partial charge in [-0.05, 0) is 36.4 Å². The second-order valence-corrected chi connectivity index (χ2v) is 5.35. The van der Waals surface area contributed by atoms with Crippen molar-refractivity contribution in [2.45, 2.75) is 0 Å². The lowest BCUT2D eigenvalue weighted by Crippen LogP contribution is -2.18. The van der Waals surface area contributed by atoms with Crippen LogP contribution in [0.5, 0.6) is 17.2 Å². The molecule has 0 fully saturated rings. The normalized spacial score (nSPS) is 15.7. The van der Waals surface area contributed by atoms with Crippen molar-refractivity contribution >= 4 is 23.0 Å². The van der Waals surface area contributed by atoms with E-state index in [2.05, 4.69) is 0 Å². The molecule has 2 aromatic rings. The largest absolute Gasteiger partial charge is 0.486 e. The molecule has 0 spiro atoms. The molecule has 0 aliphatic carbocycles. The van der Waals surface area contributed by atoms with Gasteiger partial charge in [0.1, 0.15) is 18.9 Å². The molecule has 2 aliphatic heterocycles. The summed E-state index contributed by atoms with van der Waals surface area (Å²) in [5.41, 5.74) is 1.28. The maximum Gasteiger partial charge on any atom is 0.162 e. The molecule has 0 amide bonds. The molecule has 2 aliphatic rings. The van der Waals surface area contributed by atoms with E-state index in [9.17, 15) is 5.21 Å². The van der Waals surface area contributed by atoms with Crippen molar-refractivity contribution in [2.24, 2.45) is 0 Å². The van der Waals surface area contributed by atoms with Gasteiger partial charge < -0.3 is 14.2 Å². The monoisotopic (exact) mass is 317 g/mol. The van der Waals surface area contributed by atoms with Crippen LogP contribution in [0.4, 0.5) is 5.69 Å². The van der Waals surface area contributed by atoms with E-state index in [-0.39, 0.29) is 0 Å². The van der Waals surface area contributed by atoms with Gasteiger partial charge in [0.15, 0.2) is 23.0 Å². The topological polar surface area (TPSA) is 51.2 Å². The number of fused-ring (bicyclic) bond motifs is 2. The first-order chi connectivity index (χ1) is 10.7. The van der Waals surface area contributed by atoms with Crippen molar-refractivity contribution in [2.75, 3.05) is 18.3 Å². The zero-order valence-corrected chi connectivity index (χ0v) is 12.2. The summed E-state index contributed by atoms with van der Waals surface area (Å²) < 4.78 is 16.9. The van der Waals surface area contributed by atoms with Gasteiger partial charge in [-0.25, -0.2) is 5.06 Å². The Hall–Kier alpha value is -2.37. The Morgan fingerprint density at radius 2 is 1.73 bits per heavy atom. The molecule has 0 atom stereocenters. The number of ether oxygens (including phenoxy) is 3. The fourth-order valence-corrected chi connectivity index (χ4v) is 2.58. The lowest BCUT2D eigenvalue weighted by atomic mass is 10.1. The summed E-state index contributed by atoms with van der Waals surface area (Å²) in [6.07, 6.45) is 1.49. The summed E-state index contributed by atoms with van der Waals surface area (Å²) in [6.45, 7) is 1.06. The van der Waals surface area contributed by atoms with Crippen LogP contribution in [-0.4, -0.2) is 18.4 Å². The zero-order chi connectivity index (χ0) is 15.1. The zero-order valence-electron chi connectivity index (χ0n) is 11.5. The Kier molecular flexibility index (Phi) is 3.10. The molecule has 4 rings (SSSR count). The van der Waals surface area contributed by atoms with Crippen LogP contribution in [0, 0.1) is 0 Å². The van der Waals surface area contributed by atoms with E-state index in [1.54, 1.807) is 18.2 Å². The molecule has 6 heteroatoms. The summed E-state index contributed by atoms with van der Waals surface area (Å²) in [5, 5.41) is 11.6. The number of halogens is 1. The Bertz CT molecular complexity index is 775. The molecule has 22 heavy (non-hydrogen) atoms. The fraction of sp³-hybridized carbons (Fsp3) is 0.125. The second-order valence-electron chi connectivity index (χ2n) is 4.91. The highest BCUT2D eigenvalue weighted by Gasteiger charge is 2.21. The molecule has 112 valence electrons. The van der Waals surface area contributed by atoms with Crippen LogP contribution in [0.25, 0.3) is 5.76 Å². The predicted molar refractivity (Wildman–Crippen MR) is 81.8 cm³/mol. The Morgan fingerprint density at radius 3 is 2.59 bits per heavy atom. The van der Waals surface area contributed by atoms with Gasteiger partial charge in [-0.1, -0.05) is 11.6 Å². The van der Waals surface area contributed by atoms with Crippen molar-refractivity contribution in [3.63, 3.8) is 0 Å². The minimum Gasteiger partial charge on any atom is -0.486 e. The Balaban J connectivity index is 1.71. The van der Waals surface area contributed by atoms with Gasteiger partial charge in [0, 0.05) is 10.6 Å². The minimum atomic E-state index is 0.494. The predicted octanol–water partition coefficient (Wildman–Crippen LogP) is 3.70. The quantitative estimate of drug-likeness (QED) is 0.869. The number of hydroxylamine groups is 1. The van der Waals surface area contributed by atoms with Crippen LogP contribution in [0.15, 0.2) is 42.6 Å². The van der Waals surface area contributed by atoms with E-state index in [4.69, 9.17) is 25.8 Å².